The van der Waals surface area contributed by atoms with Crippen LogP contribution in [0.15, 0.2) is 54.6 Å². The van der Waals surface area contributed by atoms with E-state index in [1.54, 1.807) is 6.07 Å². The lowest BCUT2D eigenvalue weighted by atomic mass is 10.2. The third kappa shape index (κ3) is 5.78. The van der Waals surface area contributed by atoms with Gasteiger partial charge in [-0.2, -0.15) is 4.31 Å². The average molecular weight is 423 g/mol. The normalized spacial score (nSPS) is 16.0. The Hall–Kier alpha value is -1.93. The quantitative estimate of drug-likeness (QED) is 0.689. The van der Waals surface area contributed by atoms with Crippen molar-refractivity contribution in [2.75, 3.05) is 32.7 Å². The molecule has 0 aliphatic carbocycles. The number of benzene rings is 2. The minimum atomic E-state index is -3.33. The lowest BCUT2D eigenvalue weighted by molar-refractivity contribution is -0.895. The van der Waals surface area contributed by atoms with E-state index in [4.69, 9.17) is 11.6 Å². The lowest BCUT2D eigenvalue weighted by Crippen LogP contribution is -3.15. The van der Waals surface area contributed by atoms with Crippen molar-refractivity contribution in [1.29, 1.82) is 0 Å². The second kappa shape index (κ2) is 9.52. The van der Waals surface area contributed by atoms with Crippen LogP contribution < -0.4 is 10.2 Å². The van der Waals surface area contributed by atoms with Crippen molar-refractivity contribution in [2.24, 2.45) is 0 Å². The Morgan fingerprint density at radius 1 is 1.04 bits per heavy atom. The molecule has 0 unspecified atom stereocenters. The van der Waals surface area contributed by atoms with Gasteiger partial charge in [-0.05, 0) is 17.2 Å². The van der Waals surface area contributed by atoms with Crippen LogP contribution in [0.1, 0.15) is 11.1 Å². The lowest BCUT2D eigenvalue weighted by Gasteiger charge is -2.31. The van der Waals surface area contributed by atoms with E-state index >= 15 is 0 Å². The number of sulfonamides is 1. The Morgan fingerprint density at radius 3 is 2.36 bits per heavy atom. The molecule has 1 saturated heterocycles. The van der Waals surface area contributed by atoms with Crippen molar-refractivity contribution in [1.82, 2.24) is 9.62 Å². The van der Waals surface area contributed by atoms with Crippen molar-refractivity contribution in [3.05, 3.63) is 70.7 Å². The summed E-state index contributed by atoms with van der Waals surface area (Å²) < 4.78 is 26.7. The molecule has 150 valence electrons. The van der Waals surface area contributed by atoms with E-state index in [0.29, 0.717) is 44.3 Å². The van der Waals surface area contributed by atoms with Gasteiger partial charge in [-0.1, -0.05) is 60.1 Å². The van der Waals surface area contributed by atoms with Gasteiger partial charge in [-0.25, -0.2) is 8.42 Å². The SMILES string of the molecule is O=C(C[NH+]1CCN(S(=O)(=O)Cc2ccccc2)CC1)NCc1ccccc1Cl. The van der Waals surface area contributed by atoms with E-state index in [9.17, 15) is 13.2 Å². The number of rotatable bonds is 7. The standard InChI is InChI=1S/C20H24ClN3O3S/c21-19-9-5-4-8-18(19)14-22-20(25)15-23-10-12-24(13-11-23)28(26,27)16-17-6-2-1-3-7-17/h1-9H,10-16H2,(H,22,25)/p+1. The number of hydrogen-bond donors (Lipinski definition) is 2. The fraction of sp³-hybridized carbons (Fsp3) is 0.350. The third-order valence-electron chi connectivity index (χ3n) is 4.86. The zero-order chi connectivity index (χ0) is 20.0. The Kier molecular flexibility index (Phi) is 7.07. The van der Waals surface area contributed by atoms with Gasteiger partial charge >= 0.3 is 0 Å². The number of piperazine rings is 1. The Labute approximate surface area is 171 Å². The molecule has 2 aromatic rings. The summed E-state index contributed by atoms with van der Waals surface area (Å²) in [5, 5.41) is 3.52. The first-order valence-electron chi connectivity index (χ1n) is 9.29. The molecule has 0 saturated carbocycles. The molecule has 1 fully saturated rings. The van der Waals surface area contributed by atoms with Gasteiger partial charge in [-0.15, -0.1) is 0 Å². The first-order chi connectivity index (χ1) is 13.4. The molecule has 28 heavy (non-hydrogen) atoms. The van der Waals surface area contributed by atoms with Gasteiger partial charge in [0.15, 0.2) is 6.54 Å². The second-order valence-corrected chi connectivity index (χ2v) is 9.31. The van der Waals surface area contributed by atoms with Crippen LogP contribution in [0, 0.1) is 0 Å². The van der Waals surface area contributed by atoms with Crippen LogP contribution in [0.3, 0.4) is 0 Å². The summed E-state index contributed by atoms with van der Waals surface area (Å²) in [6, 6.07) is 16.6. The van der Waals surface area contributed by atoms with E-state index in [1.807, 2.05) is 48.5 Å². The molecule has 1 aliphatic heterocycles. The fourth-order valence-corrected chi connectivity index (χ4v) is 5.00. The molecule has 2 N–H and O–H groups in total. The van der Waals surface area contributed by atoms with Crippen LogP contribution in [0.4, 0.5) is 0 Å². The van der Waals surface area contributed by atoms with Gasteiger partial charge in [0.05, 0.1) is 31.9 Å². The molecule has 1 amide bonds. The fourth-order valence-electron chi connectivity index (χ4n) is 3.26. The number of hydrogen-bond acceptors (Lipinski definition) is 3. The van der Waals surface area contributed by atoms with Gasteiger partial charge in [0.1, 0.15) is 0 Å². The minimum absolute atomic E-state index is 0.0154. The van der Waals surface area contributed by atoms with E-state index < -0.39 is 10.0 Å². The molecule has 8 heteroatoms. The summed E-state index contributed by atoms with van der Waals surface area (Å²) in [5.41, 5.74) is 1.67. The summed E-state index contributed by atoms with van der Waals surface area (Å²) in [6.07, 6.45) is 0. The molecular formula is C20H25ClN3O3S+. The van der Waals surface area contributed by atoms with Gasteiger partial charge < -0.3 is 10.2 Å². The minimum Gasteiger partial charge on any atom is -0.347 e. The molecule has 1 heterocycles. The molecular weight excluding hydrogens is 398 g/mol. The maximum atomic E-state index is 12.6. The summed E-state index contributed by atoms with van der Waals surface area (Å²) >= 11 is 6.10. The molecule has 0 radical (unpaired) electrons. The zero-order valence-electron chi connectivity index (χ0n) is 15.6. The number of nitrogens with one attached hydrogen (secondary N) is 2. The van der Waals surface area contributed by atoms with Crippen LogP contribution in [0.5, 0.6) is 0 Å². The number of carbonyl (C=O) groups is 1. The number of halogens is 1. The topological polar surface area (TPSA) is 70.9 Å². The smallest absolute Gasteiger partial charge is 0.275 e. The molecule has 2 aromatic carbocycles. The van der Waals surface area contributed by atoms with Crippen LogP contribution >= 0.6 is 11.6 Å². The van der Waals surface area contributed by atoms with Crippen molar-refractivity contribution < 1.29 is 18.1 Å². The predicted octanol–water partition coefficient (Wildman–Crippen LogP) is 0.687. The van der Waals surface area contributed by atoms with E-state index in [1.165, 1.54) is 4.31 Å². The maximum absolute atomic E-state index is 12.6. The van der Waals surface area contributed by atoms with Crippen molar-refractivity contribution >= 4 is 27.5 Å². The average Bonchev–Trinajstić information content (AvgIpc) is 2.68. The molecule has 3 rings (SSSR count). The largest absolute Gasteiger partial charge is 0.347 e. The van der Waals surface area contributed by atoms with E-state index in [2.05, 4.69) is 5.32 Å². The number of amides is 1. The van der Waals surface area contributed by atoms with Gasteiger partial charge in [0.2, 0.25) is 10.0 Å². The molecule has 0 atom stereocenters. The molecule has 0 spiro atoms. The third-order valence-corrected chi connectivity index (χ3v) is 7.08. The van der Waals surface area contributed by atoms with Crippen LogP contribution in [0.25, 0.3) is 0 Å². The monoisotopic (exact) mass is 422 g/mol. The van der Waals surface area contributed by atoms with Crippen LogP contribution in [-0.4, -0.2) is 51.4 Å². The summed E-state index contributed by atoms with van der Waals surface area (Å²) in [6.45, 7) is 2.83. The zero-order valence-corrected chi connectivity index (χ0v) is 17.2. The van der Waals surface area contributed by atoms with E-state index in [0.717, 1.165) is 16.0 Å². The highest BCUT2D eigenvalue weighted by molar-refractivity contribution is 7.88. The van der Waals surface area contributed by atoms with Crippen molar-refractivity contribution in [2.45, 2.75) is 12.3 Å². The highest BCUT2D eigenvalue weighted by Gasteiger charge is 2.29. The van der Waals surface area contributed by atoms with Crippen molar-refractivity contribution in [3.63, 3.8) is 0 Å². The first-order valence-corrected chi connectivity index (χ1v) is 11.3. The molecule has 0 aromatic heterocycles. The molecule has 6 nitrogen and oxygen atoms in total. The highest BCUT2D eigenvalue weighted by atomic mass is 35.5. The molecule has 1 aliphatic rings. The number of nitrogens with zero attached hydrogens (tertiary/aromatic N) is 1. The Morgan fingerprint density at radius 2 is 1.68 bits per heavy atom. The maximum Gasteiger partial charge on any atom is 0.275 e. The summed E-state index contributed by atoms with van der Waals surface area (Å²) in [7, 11) is -3.33. The van der Waals surface area contributed by atoms with Gasteiger partial charge in [0, 0.05) is 11.6 Å². The summed E-state index contributed by atoms with van der Waals surface area (Å²) in [5.74, 6) is -0.0443. The Balaban J connectivity index is 1.44. The predicted molar refractivity (Wildman–Crippen MR) is 110 cm³/mol. The van der Waals surface area contributed by atoms with Gasteiger partial charge in [-0.3, -0.25) is 4.79 Å². The number of quaternary nitrogens is 1. The summed E-state index contributed by atoms with van der Waals surface area (Å²) in [4.78, 5) is 13.3. The highest BCUT2D eigenvalue weighted by Crippen LogP contribution is 2.14. The molecule has 0 bridgehead atoms. The van der Waals surface area contributed by atoms with E-state index in [-0.39, 0.29) is 11.7 Å². The first kappa shape index (κ1) is 20.8. The second-order valence-electron chi connectivity index (χ2n) is 6.94. The Bertz CT molecular complexity index is 898. The van der Waals surface area contributed by atoms with Crippen LogP contribution in [0.2, 0.25) is 5.02 Å². The van der Waals surface area contributed by atoms with Gasteiger partial charge in [0.25, 0.3) is 5.91 Å². The van der Waals surface area contributed by atoms with Crippen LogP contribution in [-0.2, 0) is 27.1 Å². The number of carbonyl (C=O) groups excluding carboxylic acids is 1. The van der Waals surface area contributed by atoms with Crippen molar-refractivity contribution in [3.8, 4) is 0 Å².